The number of carbonyl (C=O) groups is 2. The topological polar surface area (TPSA) is 92.4 Å². The Kier molecular flexibility index (Phi) is 3.09. The van der Waals surface area contributed by atoms with E-state index in [0.29, 0.717) is 24.1 Å². The third-order valence-electron chi connectivity index (χ3n) is 3.41. The van der Waals surface area contributed by atoms with Crippen LogP contribution in [0.15, 0.2) is 18.2 Å². The molecule has 0 aliphatic heterocycles. The molecule has 1 aliphatic rings. The van der Waals surface area contributed by atoms with Gasteiger partial charge in [-0.25, -0.2) is 4.79 Å². The van der Waals surface area contributed by atoms with Crippen molar-refractivity contribution in [2.45, 2.75) is 31.7 Å². The molecule has 0 atom stereocenters. The van der Waals surface area contributed by atoms with E-state index >= 15 is 0 Å². The first kappa shape index (κ1) is 12.6. The predicted octanol–water partition coefficient (Wildman–Crippen LogP) is 1.51. The van der Waals surface area contributed by atoms with Crippen molar-refractivity contribution in [2.75, 3.05) is 5.32 Å². The van der Waals surface area contributed by atoms with Crippen molar-refractivity contribution in [1.82, 2.24) is 0 Å². The average Bonchev–Trinajstić information content (AvgIpc) is 2.25. The van der Waals surface area contributed by atoms with Crippen LogP contribution in [-0.4, -0.2) is 22.5 Å². The van der Waals surface area contributed by atoms with Gasteiger partial charge >= 0.3 is 5.97 Å². The summed E-state index contributed by atoms with van der Waals surface area (Å²) < 4.78 is 0. The highest BCUT2D eigenvalue weighted by Crippen LogP contribution is 2.30. The summed E-state index contributed by atoms with van der Waals surface area (Å²) in [4.78, 5) is 22.8. The van der Waals surface area contributed by atoms with E-state index in [4.69, 9.17) is 10.8 Å². The van der Waals surface area contributed by atoms with Gasteiger partial charge in [0.05, 0.1) is 11.1 Å². The van der Waals surface area contributed by atoms with Gasteiger partial charge in [0.2, 0.25) is 5.91 Å². The summed E-state index contributed by atoms with van der Waals surface area (Å²) in [6.45, 7) is 1.70. The molecule has 1 saturated carbocycles. The summed E-state index contributed by atoms with van der Waals surface area (Å²) in [5, 5.41) is 11.6. The van der Waals surface area contributed by atoms with Gasteiger partial charge in [-0.1, -0.05) is 0 Å². The minimum Gasteiger partial charge on any atom is -0.478 e. The summed E-state index contributed by atoms with van der Waals surface area (Å²) in [7, 11) is 0. The number of carboxylic acids is 1. The van der Waals surface area contributed by atoms with Crippen LogP contribution in [0, 0.1) is 6.92 Å². The van der Waals surface area contributed by atoms with E-state index < -0.39 is 11.5 Å². The fourth-order valence-corrected chi connectivity index (χ4v) is 2.02. The number of carboxylic acid groups (broad SMARTS) is 1. The Morgan fingerprint density at radius 1 is 1.39 bits per heavy atom. The van der Waals surface area contributed by atoms with Crippen molar-refractivity contribution < 1.29 is 14.7 Å². The van der Waals surface area contributed by atoms with Crippen molar-refractivity contribution in [3.05, 3.63) is 29.3 Å². The molecule has 4 N–H and O–H groups in total. The fraction of sp³-hybridized carbons (Fsp3) is 0.385. The zero-order valence-corrected chi connectivity index (χ0v) is 10.2. The molecular formula is C13H16N2O3. The van der Waals surface area contributed by atoms with Crippen LogP contribution in [0.1, 0.15) is 35.2 Å². The Hall–Kier alpha value is -1.88. The number of amides is 1. The highest BCUT2D eigenvalue weighted by molar-refractivity contribution is 5.99. The van der Waals surface area contributed by atoms with Crippen molar-refractivity contribution in [3.8, 4) is 0 Å². The molecule has 0 spiro atoms. The smallest absolute Gasteiger partial charge is 0.335 e. The molecule has 0 saturated heterocycles. The maximum absolute atomic E-state index is 11.9. The maximum atomic E-state index is 11.9. The second-order valence-electron chi connectivity index (χ2n) is 4.80. The molecule has 5 nitrogen and oxygen atoms in total. The summed E-state index contributed by atoms with van der Waals surface area (Å²) in [6, 6.07) is 4.71. The number of aryl methyl sites for hydroxylation is 1. The van der Waals surface area contributed by atoms with Gasteiger partial charge in [-0.15, -0.1) is 0 Å². The van der Waals surface area contributed by atoms with Crippen LogP contribution in [0.4, 0.5) is 5.69 Å². The van der Waals surface area contributed by atoms with Crippen LogP contribution in [-0.2, 0) is 4.79 Å². The van der Waals surface area contributed by atoms with Gasteiger partial charge in [-0.3, -0.25) is 4.79 Å². The van der Waals surface area contributed by atoms with E-state index in [2.05, 4.69) is 5.32 Å². The molecule has 1 amide bonds. The number of hydrogen-bond donors (Lipinski definition) is 3. The Labute approximate surface area is 105 Å². The highest BCUT2D eigenvalue weighted by Gasteiger charge is 2.40. The van der Waals surface area contributed by atoms with Crippen LogP contribution in [0.5, 0.6) is 0 Å². The van der Waals surface area contributed by atoms with Gasteiger partial charge in [0.25, 0.3) is 0 Å². The van der Waals surface area contributed by atoms with E-state index in [9.17, 15) is 9.59 Å². The molecule has 1 aromatic rings. The van der Waals surface area contributed by atoms with Crippen LogP contribution in [0.3, 0.4) is 0 Å². The first-order valence-electron chi connectivity index (χ1n) is 5.87. The van der Waals surface area contributed by atoms with Gasteiger partial charge in [0.1, 0.15) is 0 Å². The van der Waals surface area contributed by atoms with Crippen molar-refractivity contribution in [3.63, 3.8) is 0 Å². The van der Waals surface area contributed by atoms with Crippen LogP contribution < -0.4 is 11.1 Å². The third kappa shape index (κ3) is 2.22. The maximum Gasteiger partial charge on any atom is 0.335 e. The molecule has 18 heavy (non-hydrogen) atoms. The summed E-state index contributed by atoms with van der Waals surface area (Å²) in [6.07, 6.45) is 2.37. The molecule has 2 rings (SSSR count). The van der Waals surface area contributed by atoms with Crippen molar-refractivity contribution in [1.29, 1.82) is 0 Å². The quantitative estimate of drug-likeness (QED) is 0.756. The van der Waals surface area contributed by atoms with Crippen LogP contribution in [0.25, 0.3) is 0 Å². The second-order valence-corrected chi connectivity index (χ2v) is 4.80. The Morgan fingerprint density at radius 2 is 2.06 bits per heavy atom. The van der Waals surface area contributed by atoms with E-state index in [1.165, 1.54) is 6.07 Å². The molecule has 0 unspecified atom stereocenters. The molecule has 1 aliphatic carbocycles. The molecule has 0 bridgehead atoms. The van der Waals surface area contributed by atoms with Gasteiger partial charge in [0.15, 0.2) is 0 Å². The molecule has 0 radical (unpaired) electrons. The second kappa shape index (κ2) is 4.42. The summed E-state index contributed by atoms with van der Waals surface area (Å²) >= 11 is 0. The number of anilines is 1. The molecule has 0 aromatic heterocycles. The Morgan fingerprint density at radius 3 is 2.50 bits per heavy atom. The lowest BCUT2D eigenvalue weighted by Gasteiger charge is -2.36. The van der Waals surface area contributed by atoms with Crippen LogP contribution >= 0.6 is 0 Å². The molecule has 96 valence electrons. The van der Waals surface area contributed by atoms with E-state index in [1.54, 1.807) is 19.1 Å². The normalized spacial score (nSPS) is 16.8. The lowest BCUT2D eigenvalue weighted by Crippen LogP contribution is -2.56. The molecular weight excluding hydrogens is 232 g/mol. The first-order valence-corrected chi connectivity index (χ1v) is 5.87. The van der Waals surface area contributed by atoms with Crippen LogP contribution in [0.2, 0.25) is 0 Å². The number of aromatic carboxylic acids is 1. The van der Waals surface area contributed by atoms with Gasteiger partial charge in [-0.05, 0) is 49.9 Å². The van der Waals surface area contributed by atoms with Crippen molar-refractivity contribution >= 4 is 17.6 Å². The van der Waals surface area contributed by atoms with E-state index in [0.717, 1.165) is 6.42 Å². The zero-order valence-electron chi connectivity index (χ0n) is 10.2. The third-order valence-corrected chi connectivity index (χ3v) is 3.41. The van der Waals surface area contributed by atoms with Gasteiger partial charge < -0.3 is 16.2 Å². The number of benzene rings is 1. The molecule has 0 heterocycles. The zero-order chi connectivity index (χ0) is 13.3. The number of carbonyl (C=O) groups excluding carboxylic acids is 1. The lowest BCUT2D eigenvalue weighted by molar-refractivity contribution is -0.123. The predicted molar refractivity (Wildman–Crippen MR) is 67.5 cm³/mol. The SMILES string of the molecule is Cc1cc(NC(=O)C2(N)CCC2)ccc1C(=O)O. The Balaban J connectivity index is 2.13. The minimum absolute atomic E-state index is 0.198. The first-order chi connectivity index (χ1) is 8.42. The van der Waals surface area contributed by atoms with Crippen molar-refractivity contribution in [2.24, 2.45) is 5.73 Å². The van der Waals surface area contributed by atoms with Gasteiger partial charge in [-0.2, -0.15) is 0 Å². The number of rotatable bonds is 3. The number of nitrogens with one attached hydrogen (secondary N) is 1. The highest BCUT2D eigenvalue weighted by atomic mass is 16.4. The fourth-order valence-electron chi connectivity index (χ4n) is 2.02. The molecule has 1 fully saturated rings. The Bertz CT molecular complexity index is 507. The lowest BCUT2D eigenvalue weighted by atomic mass is 9.77. The summed E-state index contributed by atoms with van der Waals surface area (Å²) in [5.41, 5.74) is 6.58. The number of hydrogen-bond acceptors (Lipinski definition) is 3. The minimum atomic E-state index is -0.973. The summed E-state index contributed by atoms with van der Waals surface area (Å²) in [5.74, 6) is -1.17. The standard InChI is InChI=1S/C13H16N2O3/c1-8-7-9(3-4-10(8)11(16)17)15-12(18)13(14)5-2-6-13/h3-4,7H,2,5-6,14H2,1H3,(H,15,18)(H,16,17). The van der Waals surface area contributed by atoms with E-state index in [1.807, 2.05) is 0 Å². The monoisotopic (exact) mass is 248 g/mol. The van der Waals surface area contributed by atoms with Gasteiger partial charge in [0, 0.05) is 5.69 Å². The molecule has 5 heteroatoms. The average molecular weight is 248 g/mol. The largest absolute Gasteiger partial charge is 0.478 e. The van der Waals surface area contributed by atoms with E-state index in [-0.39, 0.29) is 11.5 Å². The molecule has 1 aromatic carbocycles. The number of nitrogens with two attached hydrogens (primary N) is 1.